The fraction of sp³-hybridized carbons (Fsp3) is 0.632. The first-order chi connectivity index (χ1) is 12.8. The van der Waals surface area contributed by atoms with Gasteiger partial charge in [0.1, 0.15) is 5.75 Å². The highest BCUT2D eigenvalue weighted by atomic mass is 19.4. The minimum atomic E-state index is -4.37. The Bertz CT molecular complexity index is 634. The maximum absolute atomic E-state index is 12.5. The zero-order chi connectivity index (χ0) is 19.9. The van der Waals surface area contributed by atoms with Gasteiger partial charge >= 0.3 is 6.18 Å². The molecule has 0 aromatic heterocycles. The Morgan fingerprint density at radius 1 is 1.33 bits per heavy atom. The number of nitrogens with one attached hydrogen (secondary N) is 2. The number of alkyl halides is 3. The smallest absolute Gasteiger partial charge is 0.422 e. The van der Waals surface area contributed by atoms with E-state index in [9.17, 15) is 13.2 Å². The average Bonchev–Trinajstić information content (AvgIpc) is 3.01. The molecule has 1 aliphatic rings. The standard InChI is InChI=1S/C19H29F3N4O/c1-4-23-18(25-12-16-6-5-9-26(16)3)24-11-15-8-7-14(2)10-17(15)27-13-19(20,21)22/h7-8,10,16H,4-6,9,11-13H2,1-3H3,(H2,23,24,25). The Morgan fingerprint density at radius 2 is 2.11 bits per heavy atom. The number of nitrogens with zero attached hydrogens (tertiary/aromatic N) is 2. The molecule has 1 saturated heterocycles. The summed E-state index contributed by atoms with van der Waals surface area (Å²) in [6.07, 6.45) is -2.02. The zero-order valence-electron chi connectivity index (χ0n) is 16.2. The minimum Gasteiger partial charge on any atom is -0.484 e. The van der Waals surface area contributed by atoms with E-state index in [1.165, 1.54) is 6.42 Å². The molecule has 1 fully saturated rings. The Labute approximate surface area is 159 Å². The molecule has 2 rings (SSSR count). The van der Waals surface area contributed by atoms with E-state index in [1.54, 1.807) is 12.1 Å². The molecule has 0 radical (unpaired) electrons. The second-order valence-corrected chi connectivity index (χ2v) is 6.87. The molecule has 2 N–H and O–H groups in total. The van der Waals surface area contributed by atoms with Crippen molar-refractivity contribution in [1.82, 2.24) is 15.5 Å². The van der Waals surface area contributed by atoms with Gasteiger partial charge in [-0.2, -0.15) is 13.2 Å². The van der Waals surface area contributed by atoms with Crippen molar-refractivity contribution >= 4 is 5.96 Å². The van der Waals surface area contributed by atoms with Crippen molar-refractivity contribution in [2.24, 2.45) is 4.99 Å². The first-order valence-corrected chi connectivity index (χ1v) is 9.30. The maximum Gasteiger partial charge on any atom is 0.422 e. The quantitative estimate of drug-likeness (QED) is 0.559. The van der Waals surface area contributed by atoms with Crippen LogP contribution in [0.1, 0.15) is 30.9 Å². The van der Waals surface area contributed by atoms with Crippen LogP contribution in [-0.4, -0.2) is 56.4 Å². The molecule has 1 atom stereocenters. The normalized spacial score (nSPS) is 18.6. The van der Waals surface area contributed by atoms with Crippen molar-refractivity contribution < 1.29 is 17.9 Å². The van der Waals surface area contributed by atoms with Gasteiger partial charge in [-0.3, -0.25) is 0 Å². The van der Waals surface area contributed by atoms with Crippen LogP contribution in [0.5, 0.6) is 5.75 Å². The van der Waals surface area contributed by atoms with Crippen molar-refractivity contribution in [3.63, 3.8) is 0 Å². The van der Waals surface area contributed by atoms with Crippen molar-refractivity contribution in [1.29, 1.82) is 0 Å². The highest BCUT2D eigenvalue weighted by Crippen LogP contribution is 2.24. The molecule has 0 saturated carbocycles. The fourth-order valence-electron chi connectivity index (χ4n) is 3.04. The zero-order valence-corrected chi connectivity index (χ0v) is 16.2. The van der Waals surface area contributed by atoms with Crippen LogP contribution >= 0.6 is 0 Å². The van der Waals surface area contributed by atoms with Crippen molar-refractivity contribution in [3.05, 3.63) is 29.3 Å². The highest BCUT2D eigenvalue weighted by molar-refractivity contribution is 5.79. The number of likely N-dealkylation sites (N-methyl/N-ethyl adjacent to an activating group) is 1. The molecular weight excluding hydrogens is 357 g/mol. The van der Waals surface area contributed by atoms with E-state index in [-0.39, 0.29) is 12.3 Å². The molecule has 1 aromatic rings. The van der Waals surface area contributed by atoms with Crippen molar-refractivity contribution in [3.8, 4) is 5.75 Å². The number of hydrogen-bond donors (Lipinski definition) is 2. The van der Waals surface area contributed by atoms with E-state index in [4.69, 9.17) is 4.74 Å². The largest absolute Gasteiger partial charge is 0.484 e. The van der Waals surface area contributed by atoms with E-state index in [2.05, 4.69) is 27.6 Å². The summed E-state index contributed by atoms with van der Waals surface area (Å²) in [5.41, 5.74) is 1.47. The van der Waals surface area contributed by atoms with Gasteiger partial charge in [-0.1, -0.05) is 12.1 Å². The molecule has 0 bridgehead atoms. The predicted molar refractivity (Wildman–Crippen MR) is 101 cm³/mol. The molecule has 1 unspecified atom stereocenters. The molecule has 0 amide bonds. The third-order valence-electron chi connectivity index (χ3n) is 4.54. The van der Waals surface area contributed by atoms with Gasteiger partial charge in [0.15, 0.2) is 12.6 Å². The Balaban J connectivity index is 2.03. The summed E-state index contributed by atoms with van der Waals surface area (Å²) < 4.78 is 42.5. The molecule has 5 nitrogen and oxygen atoms in total. The first kappa shape index (κ1) is 21.3. The van der Waals surface area contributed by atoms with Gasteiger partial charge in [-0.25, -0.2) is 4.99 Å². The van der Waals surface area contributed by atoms with Crippen LogP contribution in [0.25, 0.3) is 0 Å². The van der Waals surface area contributed by atoms with E-state index in [1.807, 2.05) is 19.9 Å². The molecule has 1 aliphatic heterocycles. The van der Waals surface area contributed by atoms with Crippen LogP contribution in [0.4, 0.5) is 13.2 Å². The SMILES string of the molecule is CCNC(=NCc1ccc(C)cc1OCC(F)(F)F)NCC1CCCN1C. The van der Waals surface area contributed by atoms with Gasteiger partial charge in [0.2, 0.25) is 0 Å². The summed E-state index contributed by atoms with van der Waals surface area (Å²) in [6, 6.07) is 5.70. The maximum atomic E-state index is 12.5. The van der Waals surface area contributed by atoms with Gasteiger partial charge in [-0.15, -0.1) is 0 Å². The third-order valence-corrected chi connectivity index (χ3v) is 4.54. The lowest BCUT2D eigenvalue weighted by Crippen LogP contribution is -2.44. The van der Waals surface area contributed by atoms with Crippen LogP contribution < -0.4 is 15.4 Å². The molecule has 152 valence electrons. The Kier molecular flexibility index (Phi) is 7.77. The first-order valence-electron chi connectivity index (χ1n) is 9.30. The molecule has 27 heavy (non-hydrogen) atoms. The number of aryl methyl sites for hydroxylation is 1. The number of halogens is 3. The molecular formula is C19H29F3N4O. The van der Waals surface area contributed by atoms with Gasteiger partial charge in [0.05, 0.1) is 6.54 Å². The number of ether oxygens (including phenoxy) is 1. The lowest BCUT2D eigenvalue weighted by atomic mass is 10.1. The molecule has 8 heteroatoms. The fourth-order valence-corrected chi connectivity index (χ4v) is 3.04. The molecule has 1 aromatic carbocycles. The van der Waals surface area contributed by atoms with E-state index in [0.717, 1.165) is 25.1 Å². The van der Waals surface area contributed by atoms with Gasteiger partial charge in [0.25, 0.3) is 0 Å². The van der Waals surface area contributed by atoms with Gasteiger partial charge < -0.3 is 20.3 Å². The number of likely N-dealkylation sites (tertiary alicyclic amines) is 1. The van der Waals surface area contributed by atoms with Crippen molar-refractivity contribution in [2.45, 2.75) is 45.5 Å². The number of guanidine groups is 1. The number of benzene rings is 1. The topological polar surface area (TPSA) is 48.9 Å². The highest BCUT2D eigenvalue weighted by Gasteiger charge is 2.28. The van der Waals surface area contributed by atoms with Gasteiger partial charge in [0, 0.05) is 24.7 Å². The van der Waals surface area contributed by atoms with E-state index in [0.29, 0.717) is 24.1 Å². The second-order valence-electron chi connectivity index (χ2n) is 6.87. The second kappa shape index (κ2) is 9.82. The van der Waals surface area contributed by atoms with Crippen molar-refractivity contribution in [2.75, 3.05) is 33.3 Å². The summed E-state index contributed by atoms with van der Waals surface area (Å²) in [4.78, 5) is 6.84. The molecule has 0 aliphatic carbocycles. The summed E-state index contributed by atoms with van der Waals surface area (Å²) in [5.74, 6) is 0.877. The lowest BCUT2D eigenvalue weighted by molar-refractivity contribution is -0.153. The van der Waals surface area contributed by atoms with E-state index >= 15 is 0 Å². The number of hydrogen-bond acceptors (Lipinski definition) is 3. The van der Waals surface area contributed by atoms with Crippen LogP contribution in [0.3, 0.4) is 0 Å². The summed E-state index contributed by atoms with van der Waals surface area (Å²) in [7, 11) is 2.11. The third kappa shape index (κ3) is 7.28. The minimum absolute atomic E-state index is 0.224. The molecule has 1 heterocycles. The van der Waals surface area contributed by atoms with Crippen LogP contribution in [0.15, 0.2) is 23.2 Å². The number of aliphatic imine (C=N–C) groups is 1. The Morgan fingerprint density at radius 3 is 2.74 bits per heavy atom. The summed E-state index contributed by atoms with van der Waals surface area (Å²) in [5, 5.41) is 6.51. The Hall–Kier alpha value is -1.96. The van der Waals surface area contributed by atoms with Crippen LogP contribution in [0, 0.1) is 6.92 Å². The average molecular weight is 386 g/mol. The summed E-state index contributed by atoms with van der Waals surface area (Å²) in [6.45, 7) is 5.32. The predicted octanol–water partition coefficient (Wildman–Crippen LogP) is 3.09. The van der Waals surface area contributed by atoms with E-state index < -0.39 is 12.8 Å². The van der Waals surface area contributed by atoms with Crippen LogP contribution in [0.2, 0.25) is 0 Å². The molecule has 0 spiro atoms. The monoisotopic (exact) mass is 386 g/mol. The number of rotatable bonds is 7. The lowest BCUT2D eigenvalue weighted by Gasteiger charge is -2.21. The van der Waals surface area contributed by atoms with Crippen LogP contribution in [-0.2, 0) is 6.54 Å². The summed E-state index contributed by atoms with van der Waals surface area (Å²) >= 11 is 0. The van der Waals surface area contributed by atoms with Gasteiger partial charge in [-0.05, 0) is 51.9 Å².